The second-order valence-electron chi connectivity index (χ2n) is 6.72. The van der Waals surface area contributed by atoms with Crippen LogP contribution in [0.15, 0.2) is 66.7 Å². The van der Waals surface area contributed by atoms with Crippen molar-refractivity contribution in [2.24, 2.45) is 0 Å². The van der Waals surface area contributed by atoms with Gasteiger partial charge in [-0.1, -0.05) is 66.7 Å². The maximum atomic E-state index is 13.7. The van der Waals surface area contributed by atoms with Crippen LogP contribution in [0.1, 0.15) is 30.4 Å². The Balaban J connectivity index is 1.74. The first-order valence-electron chi connectivity index (χ1n) is 9.04. The molecule has 1 aliphatic heterocycles. The van der Waals surface area contributed by atoms with Gasteiger partial charge < -0.3 is 5.11 Å². The maximum Gasteiger partial charge on any atom is 0.304 e. The van der Waals surface area contributed by atoms with E-state index in [4.69, 9.17) is 5.11 Å². The quantitative estimate of drug-likeness (QED) is 0.802. The number of carboxylic acid groups (broad SMARTS) is 1. The third kappa shape index (κ3) is 4.79. The molecule has 2 aromatic rings. The number of hydrogen-bond donors (Lipinski definition) is 1. The number of nitrogens with zero attached hydrogens (tertiary/aromatic N) is 1. The summed E-state index contributed by atoms with van der Waals surface area (Å²) in [6.07, 6.45) is 2.33. The first-order chi connectivity index (χ1) is 12.6. The number of rotatable bonds is 7. The molecule has 26 heavy (non-hydrogen) atoms. The molecule has 0 aliphatic carbocycles. The van der Waals surface area contributed by atoms with E-state index in [1.165, 1.54) is 0 Å². The highest BCUT2D eigenvalue weighted by molar-refractivity contribution is 5.79. The van der Waals surface area contributed by atoms with Crippen molar-refractivity contribution in [1.82, 2.24) is 4.90 Å². The zero-order valence-corrected chi connectivity index (χ0v) is 14.7. The number of alkyl halides is 1. The van der Waals surface area contributed by atoms with E-state index in [1.807, 2.05) is 41.3 Å². The summed E-state index contributed by atoms with van der Waals surface area (Å²) in [5.74, 6) is -0.862. The summed E-state index contributed by atoms with van der Waals surface area (Å²) in [6.45, 7) is 0.999. The number of halogens is 1. The van der Waals surface area contributed by atoms with Crippen molar-refractivity contribution in [1.29, 1.82) is 0 Å². The predicted molar refractivity (Wildman–Crippen MR) is 102 cm³/mol. The molecule has 3 rings (SSSR count). The van der Waals surface area contributed by atoms with Crippen molar-refractivity contribution >= 4 is 11.5 Å². The van der Waals surface area contributed by atoms with E-state index in [-0.39, 0.29) is 12.5 Å². The molecular formula is C22H24FNO2. The lowest BCUT2D eigenvalue weighted by atomic mass is 9.97. The van der Waals surface area contributed by atoms with E-state index in [9.17, 15) is 9.18 Å². The van der Waals surface area contributed by atoms with Gasteiger partial charge in [0, 0.05) is 19.1 Å². The molecule has 0 unspecified atom stereocenters. The molecule has 0 saturated carbocycles. The molecule has 1 aliphatic rings. The number of benzene rings is 2. The molecule has 1 N–H and O–H groups in total. The minimum atomic E-state index is -0.925. The van der Waals surface area contributed by atoms with Gasteiger partial charge in [-0.05, 0) is 29.5 Å². The van der Waals surface area contributed by atoms with Gasteiger partial charge in [0.25, 0.3) is 0 Å². The highest BCUT2D eigenvalue weighted by Gasteiger charge is 2.32. The van der Waals surface area contributed by atoms with E-state index in [1.54, 1.807) is 0 Å². The van der Waals surface area contributed by atoms with Gasteiger partial charge in [0.1, 0.15) is 6.17 Å². The number of hydrogen-bond acceptors (Lipinski definition) is 2. The number of carbonyl (C=O) groups is 1. The summed E-state index contributed by atoms with van der Waals surface area (Å²) in [7, 11) is 0. The van der Waals surface area contributed by atoms with E-state index >= 15 is 0 Å². The summed E-state index contributed by atoms with van der Waals surface area (Å²) in [5.41, 5.74) is 3.44. The van der Waals surface area contributed by atoms with Crippen molar-refractivity contribution in [2.75, 3.05) is 13.1 Å². The first-order valence-corrected chi connectivity index (χ1v) is 9.04. The second-order valence-corrected chi connectivity index (χ2v) is 6.72. The zero-order chi connectivity index (χ0) is 18.4. The monoisotopic (exact) mass is 353 g/mol. The van der Waals surface area contributed by atoms with Crippen LogP contribution < -0.4 is 0 Å². The summed E-state index contributed by atoms with van der Waals surface area (Å²) in [5, 5.41) is 9.03. The van der Waals surface area contributed by atoms with E-state index < -0.39 is 12.1 Å². The van der Waals surface area contributed by atoms with Gasteiger partial charge in [-0.3, -0.25) is 9.69 Å². The van der Waals surface area contributed by atoms with Crippen molar-refractivity contribution in [3.8, 4) is 0 Å². The molecule has 1 saturated heterocycles. The zero-order valence-electron chi connectivity index (χ0n) is 14.7. The van der Waals surface area contributed by atoms with Gasteiger partial charge in [0.15, 0.2) is 0 Å². The van der Waals surface area contributed by atoms with Crippen LogP contribution in [0.5, 0.6) is 0 Å². The second kappa shape index (κ2) is 8.77. The van der Waals surface area contributed by atoms with Crippen molar-refractivity contribution in [3.63, 3.8) is 0 Å². The largest absolute Gasteiger partial charge is 0.481 e. The van der Waals surface area contributed by atoms with E-state index in [0.29, 0.717) is 19.5 Å². The Morgan fingerprint density at radius 3 is 2.19 bits per heavy atom. The van der Waals surface area contributed by atoms with Crippen LogP contribution in [0.25, 0.3) is 5.57 Å². The Hall–Kier alpha value is -2.46. The Morgan fingerprint density at radius 1 is 1.08 bits per heavy atom. The normalized spacial score (nSPS) is 20.0. The Morgan fingerprint density at radius 2 is 1.65 bits per heavy atom. The SMILES string of the molecule is O=C(O)C[C@H]1C[C@@H](F)CN1CCC=C(c1ccccc1)c1ccccc1. The average Bonchev–Trinajstić information content (AvgIpc) is 2.98. The molecule has 0 bridgehead atoms. The summed E-state index contributed by atoms with van der Waals surface area (Å²) in [4.78, 5) is 13.0. The fraction of sp³-hybridized carbons (Fsp3) is 0.318. The van der Waals surface area contributed by atoms with Gasteiger partial charge >= 0.3 is 5.97 Å². The Kier molecular flexibility index (Phi) is 6.18. The predicted octanol–water partition coefficient (Wildman–Crippen LogP) is 4.40. The minimum Gasteiger partial charge on any atom is -0.481 e. The lowest BCUT2D eigenvalue weighted by Gasteiger charge is -2.22. The molecule has 0 spiro atoms. The molecule has 0 aromatic heterocycles. The van der Waals surface area contributed by atoms with Gasteiger partial charge in [-0.2, -0.15) is 0 Å². The molecule has 1 heterocycles. The van der Waals surface area contributed by atoms with Gasteiger partial charge in [-0.15, -0.1) is 0 Å². The molecule has 4 heteroatoms. The molecule has 0 amide bonds. The van der Waals surface area contributed by atoms with Gasteiger partial charge in [0.2, 0.25) is 0 Å². The Bertz CT molecular complexity index is 704. The van der Waals surface area contributed by atoms with Crippen LogP contribution in [0.3, 0.4) is 0 Å². The third-order valence-corrected chi connectivity index (χ3v) is 4.82. The smallest absolute Gasteiger partial charge is 0.304 e. The van der Waals surface area contributed by atoms with E-state index in [0.717, 1.165) is 23.1 Å². The van der Waals surface area contributed by atoms with Gasteiger partial charge in [0.05, 0.1) is 6.42 Å². The molecule has 136 valence electrons. The highest BCUT2D eigenvalue weighted by atomic mass is 19.1. The van der Waals surface area contributed by atoms with Crippen LogP contribution in [0.4, 0.5) is 4.39 Å². The Labute approximate surface area is 153 Å². The maximum absolute atomic E-state index is 13.7. The minimum absolute atomic E-state index is 0.00830. The molecule has 0 radical (unpaired) electrons. The van der Waals surface area contributed by atoms with Crippen molar-refractivity contribution < 1.29 is 14.3 Å². The summed E-state index contributed by atoms with van der Waals surface area (Å²) in [6, 6.07) is 20.2. The molecule has 2 atom stereocenters. The third-order valence-electron chi connectivity index (χ3n) is 4.82. The molecular weight excluding hydrogens is 329 g/mol. The number of aliphatic carboxylic acids is 1. The fourth-order valence-corrected chi connectivity index (χ4v) is 3.62. The standard InChI is InChI=1S/C22H24FNO2/c23-19-14-20(15-22(25)26)24(16-19)13-7-12-21(17-8-3-1-4-9-17)18-10-5-2-6-11-18/h1-6,8-12,19-20H,7,13-16H2,(H,25,26)/t19-,20-/m1/s1. The number of likely N-dealkylation sites (tertiary alicyclic amines) is 1. The topological polar surface area (TPSA) is 40.5 Å². The van der Waals surface area contributed by atoms with E-state index in [2.05, 4.69) is 30.3 Å². The number of carboxylic acids is 1. The van der Waals surface area contributed by atoms with Crippen molar-refractivity contribution in [2.45, 2.75) is 31.5 Å². The van der Waals surface area contributed by atoms with Crippen molar-refractivity contribution in [3.05, 3.63) is 77.9 Å². The first kappa shape index (κ1) is 18.3. The van der Waals surface area contributed by atoms with Crippen LogP contribution in [-0.4, -0.2) is 41.3 Å². The summed E-state index contributed by atoms with van der Waals surface area (Å²) < 4.78 is 13.7. The van der Waals surface area contributed by atoms with Crippen LogP contribution in [0.2, 0.25) is 0 Å². The molecule has 1 fully saturated rings. The average molecular weight is 353 g/mol. The fourth-order valence-electron chi connectivity index (χ4n) is 3.62. The van der Waals surface area contributed by atoms with Gasteiger partial charge in [-0.25, -0.2) is 4.39 Å². The lowest BCUT2D eigenvalue weighted by Crippen LogP contribution is -2.32. The summed E-state index contributed by atoms with van der Waals surface area (Å²) >= 11 is 0. The van der Waals surface area contributed by atoms with Crippen LogP contribution >= 0.6 is 0 Å². The lowest BCUT2D eigenvalue weighted by molar-refractivity contribution is -0.138. The van der Waals surface area contributed by atoms with Crippen LogP contribution in [-0.2, 0) is 4.79 Å². The van der Waals surface area contributed by atoms with Crippen LogP contribution in [0, 0.1) is 0 Å². The molecule has 3 nitrogen and oxygen atoms in total. The highest BCUT2D eigenvalue weighted by Crippen LogP contribution is 2.26. The molecule has 2 aromatic carbocycles.